The molecule has 0 saturated heterocycles. The van der Waals surface area contributed by atoms with Crippen LogP contribution in [0.15, 0.2) is 24.3 Å². The third-order valence-corrected chi connectivity index (χ3v) is 6.36. The van der Waals surface area contributed by atoms with E-state index in [4.69, 9.17) is 0 Å². The number of thiophene rings is 1. The molecule has 1 N–H and O–H groups in total. The van der Waals surface area contributed by atoms with E-state index >= 15 is 0 Å². The van der Waals surface area contributed by atoms with E-state index in [1.54, 1.807) is 11.3 Å². The van der Waals surface area contributed by atoms with Gasteiger partial charge in [-0.15, -0.1) is 11.3 Å². The zero-order valence-corrected chi connectivity index (χ0v) is 17.9. The normalized spacial score (nSPS) is 15.8. The molecule has 1 aliphatic rings. The van der Waals surface area contributed by atoms with Crippen LogP contribution < -0.4 is 10.2 Å². The standard InChI is InChI=1S/C22H28N4OS/c1-15-5-10-18-19(12-23)22(28-20(18)11-15)24-21(27)14-26(4)13-16-6-8-17(9-7-16)25(2)3/h6-9,15H,5,10-11,13-14H2,1-4H3,(H,24,27)/t15-/m1/s1. The van der Waals surface area contributed by atoms with Gasteiger partial charge in [0.25, 0.3) is 0 Å². The molecule has 148 valence electrons. The maximum atomic E-state index is 12.5. The summed E-state index contributed by atoms with van der Waals surface area (Å²) < 4.78 is 0. The Balaban J connectivity index is 1.60. The highest BCUT2D eigenvalue weighted by Crippen LogP contribution is 2.39. The van der Waals surface area contributed by atoms with Crippen LogP contribution in [-0.4, -0.2) is 38.5 Å². The Bertz CT molecular complexity index is 879. The summed E-state index contributed by atoms with van der Waals surface area (Å²) in [5, 5.41) is 13.3. The number of nitriles is 1. The van der Waals surface area contributed by atoms with Gasteiger partial charge in [-0.05, 0) is 55.5 Å². The van der Waals surface area contributed by atoms with Crippen LogP contribution in [0.2, 0.25) is 0 Å². The van der Waals surface area contributed by atoms with Gasteiger partial charge < -0.3 is 10.2 Å². The molecule has 1 amide bonds. The van der Waals surface area contributed by atoms with Crippen molar-refractivity contribution in [2.24, 2.45) is 5.92 Å². The van der Waals surface area contributed by atoms with Crippen LogP contribution in [0.1, 0.15) is 34.9 Å². The van der Waals surface area contributed by atoms with Crippen molar-refractivity contribution in [2.75, 3.05) is 37.9 Å². The van der Waals surface area contributed by atoms with Gasteiger partial charge in [-0.3, -0.25) is 9.69 Å². The molecule has 3 rings (SSSR count). The van der Waals surface area contributed by atoms with Crippen LogP contribution in [0.25, 0.3) is 0 Å². The summed E-state index contributed by atoms with van der Waals surface area (Å²) >= 11 is 1.58. The van der Waals surface area contributed by atoms with Crippen molar-refractivity contribution in [3.8, 4) is 6.07 Å². The molecular formula is C22H28N4OS. The lowest BCUT2D eigenvalue weighted by molar-refractivity contribution is -0.117. The number of fused-ring (bicyclic) bond motifs is 1. The number of hydrogen-bond donors (Lipinski definition) is 1. The van der Waals surface area contributed by atoms with Gasteiger partial charge in [0.1, 0.15) is 11.1 Å². The Morgan fingerprint density at radius 2 is 2.00 bits per heavy atom. The van der Waals surface area contributed by atoms with Crippen molar-refractivity contribution < 1.29 is 4.79 Å². The average molecular weight is 397 g/mol. The third kappa shape index (κ3) is 4.73. The summed E-state index contributed by atoms with van der Waals surface area (Å²) in [6.07, 6.45) is 3.06. The van der Waals surface area contributed by atoms with Crippen LogP contribution in [-0.2, 0) is 24.2 Å². The zero-order valence-electron chi connectivity index (χ0n) is 17.1. The molecule has 0 aliphatic heterocycles. The van der Waals surface area contributed by atoms with E-state index in [-0.39, 0.29) is 5.91 Å². The van der Waals surface area contributed by atoms with Crippen LogP contribution in [0.3, 0.4) is 0 Å². The van der Waals surface area contributed by atoms with E-state index in [1.165, 1.54) is 10.4 Å². The first kappa shape index (κ1) is 20.4. The Labute approximate surface area is 171 Å². The number of likely N-dealkylation sites (N-methyl/N-ethyl adjacent to an activating group) is 1. The smallest absolute Gasteiger partial charge is 0.239 e. The number of carbonyl (C=O) groups is 1. The Morgan fingerprint density at radius 3 is 2.64 bits per heavy atom. The average Bonchev–Trinajstić information content (AvgIpc) is 2.97. The first-order chi connectivity index (χ1) is 13.4. The largest absolute Gasteiger partial charge is 0.378 e. The first-order valence-corrected chi connectivity index (χ1v) is 10.5. The molecule has 0 spiro atoms. The van der Waals surface area contributed by atoms with Crippen LogP contribution in [0.5, 0.6) is 0 Å². The number of amides is 1. The van der Waals surface area contributed by atoms with Crippen LogP contribution in [0, 0.1) is 17.2 Å². The summed E-state index contributed by atoms with van der Waals surface area (Å²) in [6, 6.07) is 10.7. The van der Waals surface area contributed by atoms with Crippen molar-refractivity contribution in [3.05, 3.63) is 45.8 Å². The molecule has 1 atom stereocenters. The SMILES string of the molecule is C[C@@H]1CCc2c(sc(NC(=O)CN(C)Cc3ccc(N(C)C)cc3)c2C#N)C1. The summed E-state index contributed by atoms with van der Waals surface area (Å²) in [7, 11) is 5.97. The molecule has 1 aromatic carbocycles. The van der Waals surface area contributed by atoms with Gasteiger partial charge in [-0.1, -0.05) is 19.1 Å². The number of rotatable bonds is 6. The van der Waals surface area contributed by atoms with E-state index in [1.807, 2.05) is 26.0 Å². The summed E-state index contributed by atoms with van der Waals surface area (Å²) in [6.45, 7) is 3.23. The third-order valence-electron chi connectivity index (χ3n) is 5.20. The number of nitrogens with zero attached hydrogens (tertiary/aromatic N) is 3. The molecular weight excluding hydrogens is 368 g/mol. The minimum atomic E-state index is -0.0736. The number of hydrogen-bond acceptors (Lipinski definition) is 5. The van der Waals surface area contributed by atoms with Gasteiger partial charge in [-0.2, -0.15) is 5.26 Å². The highest BCUT2D eigenvalue weighted by Gasteiger charge is 2.24. The van der Waals surface area contributed by atoms with Crippen molar-refractivity contribution >= 4 is 27.9 Å². The molecule has 0 bridgehead atoms. The number of nitrogens with one attached hydrogen (secondary N) is 1. The Morgan fingerprint density at radius 1 is 1.29 bits per heavy atom. The molecule has 0 radical (unpaired) electrons. The lowest BCUT2D eigenvalue weighted by Gasteiger charge is -2.17. The van der Waals surface area contributed by atoms with Gasteiger partial charge in [0.2, 0.25) is 5.91 Å². The molecule has 28 heavy (non-hydrogen) atoms. The predicted octanol–water partition coefficient (Wildman–Crippen LogP) is 3.88. The fourth-order valence-electron chi connectivity index (χ4n) is 3.64. The van der Waals surface area contributed by atoms with Crippen molar-refractivity contribution in [1.82, 2.24) is 4.90 Å². The van der Waals surface area contributed by atoms with E-state index in [0.717, 1.165) is 35.5 Å². The Hall–Kier alpha value is -2.36. The van der Waals surface area contributed by atoms with Crippen molar-refractivity contribution in [2.45, 2.75) is 32.7 Å². The zero-order chi connectivity index (χ0) is 20.3. The van der Waals surface area contributed by atoms with Gasteiger partial charge in [0.15, 0.2) is 0 Å². The molecule has 0 unspecified atom stereocenters. The number of anilines is 2. The second-order valence-electron chi connectivity index (χ2n) is 7.95. The molecule has 1 heterocycles. The van der Waals surface area contributed by atoms with Gasteiger partial charge >= 0.3 is 0 Å². The minimum Gasteiger partial charge on any atom is -0.378 e. The summed E-state index contributed by atoms with van der Waals surface area (Å²) in [5.74, 6) is 0.571. The molecule has 6 heteroatoms. The molecule has 0 saturated carbocycles. The van der Waals surface area contributed by atoms with Crippen LogP contribution in [0.4, 0.5) is 10.7 Å². The maximum absolute atomic E-state index is 12.5. The Kier molecular flexibility index (Phi) is 6.38. The molecule has 1 aromatic heterocycles. The van der Waals surface area contributed by atoms with E-state index in [0.29, 0.717) is 24.6 Å². The van der Waals surface area contributed by atoms with Crippen LogP contribution >= 0.6 is 11.3 Å². The van der Waals surface area contributed by atoms with E-state index in [2.05, 4.69) is 47.5 Å². The summed E-state index contributed by atoms with van der Waals surface area (Å²) in [5.41, 5.74) is 4.14. The minimum absolute atomic E-state index is 0.0736. The predicted molar refractivity (Wildman–Crippen MR) is 116 cm³/mol. The number of carbonyl (C=O) groups excluding carboxylic acids is 1. The highest BCUT2D eigenvalue weighted by atomic mass is 32.1. The molecule has 2 aromatic rings. The molecule has 1 aliphatic carbocycles. The first-order valence-electron chi connectivity index (χ1n) is 9.66. The monoisotopic (exact) mass is 396 g/mol. The topological polar surface area (TPSA) is 59.4 Å². The van der Waals surface area contributed by atoms with Gasteiger partial charge in [0, 0.05) is 31.2 Å². The maximum Gasteiger partial charge on any atom is 0.239 e. The lowest BCUT2D eigenvalue weighted by Crippen LogP contribution is -2.29. The lowest BCUT2D eigenvalue weighted by atomic mass is 9.89. The quantitative estimate of drug-likeness (QED) is 0.805. The fourth-order valence-corrected chi connectivity index (χ4v) is 5.01. The molecule has 5 nitrogen and oxygen atoms in total. The second kappa shape index (κ2) is 8.76. The van der Waals surface area contributed by atoms with E-state index < -0.39 is 0 Å². The van der Waals surface area contributed by atoms with Crippen molar-refractivity contribution in [1.29, 1.82) is 5.26 Å². The van der Waals surface area contributed by atoms with E-state index in [9.17, 15) is 10.1 Å². The number of benzene rings is 1. The highest BCUT2D eigenvalue weighted by molar-refractivity contribution is 7.16. The van der Waals surface area contributed by atoms with Gasteiger partial charge in [-0.25, -0.2) is 0 Å². The second-order valence-corrected chi connectivity index (χ2v) is 9.05. The fraction of sp³-hybridized carbons (Fsp3) is 0.455. The molecule has 0 fully saturated rings. The van der Waals surface area contributed by atoms with Gasteiger partial charge in [0.05, 0.1) is 12.1 Å². The summed E-state index contributed by atoms with van der Waals surface area (Å²) in [4.78, 5) is 17.9. The van der Waals surface area contributed by atoms with Crippen molar-refractivity contribution in [3.63, 3.8) is 0 Å².